The van der Waals surface area contributed by atoms with Crippen LogP contribution in [0.3, 0.4) is 0 Å². The van der Waals surface area contributed by atoms with Crippen LogP contribution in [0.15, 0.2) is 24.3 Å². The van der Waals surface area contributed by atoms with Gasteiger partial charge in [-0.05, 0) is 24.1 Å². The number of anilines is 1. The zero-order valence-corrected chi connectivity index (χ0v) is 12.7. The van der Waals surface area contributed by atoms with Gasteiger partial charge in [0.2, 0.25) is 5.91 Å². The van der Waals surface area contributed by atoms with Crippen molar-refractivity contribution < 1.29 is 9.53 Å². The second-order valence-corrected chi connectivity index (χ2v) is 5.53. The van der Waals surface area contributed by atoms with Crippen LogP contribution in [0, 0.1) is 5.92 Å². The Bertz CT molecular complexity index is 441. The first-order chi connectivity index (χ1) is 10.2. The predicted molar refractivity (Wildman–Crippen MR) is 84.3 cm³/mol. The van der Waals surface area contributed by atoms with E-state index in [2.05, 4.69) is 22.3 Å². The number of hydrogen-bond acceptors (Lipinski definition) is 4. The Hall–Kier alpha value is -1.43. The van der Waals surface area contributed by atoms with Gasteiger partial charge in [-0.25, -0.2) is 0 Å². The van der Waals surface area contributed by atoms with E-state index < -0.39 is 0 Å². The van der Waals surface area contributed by atoms with Crippen LogP contribution in [-0.2, 0) is 16.0 Å². The highest BCUT2D eigenvalue weighted by molar-refractivity contribution is 5.92. The van der Waals surface area contributed by atoms with Crippen LogP contribution >= 0.6 is 0 Å². The molecule has 0 aromatic heterocycles. The molecule has 5 heteroatoms. The quantitative estimate of drug-likeness (QED) is 0.823. The zero-order valence-electron chi connectivity index (χ0n) is 12.7. The molecule has 2 rings (SSSR count). The normalized spacial score (nSPS) is 17.4. The first kappa shape index (κ1) is 15.9. The van der Waals surface area contributed by atoms with Crippen LogP contribution in [0.25, 0.3) is 0 Å². The number of amides is 1. The summed E-state index contributed by atoms with van der Waals surface area (Å²) in [5.74, 6) is -0.190. The van der Waals surface area contributed by atoms with E-state index in [1.807, 2.05) is 19.1 Å². The number of nitrogens with zero attached hydrogens (tertiary/aromatic N) is 1. The summed E-state index contributed by atoms with van der Waals surface area (Å²) in [5.41, 5.74) is 7.60. The molecular weight excluding hydrogens is 266 g/mol. The Morgan fingerprint density at radius 1 is 1.33 bits per heavy atom. The summed E-state index contributed by atoms with van der Waals surface area (Å²) >= 11 is 0. The first-order valence-electron chi connectivity index (χ1n) is 7.59. The van der Waals surface area contributed by atoms with Crippen molar-refractivity contribution in [3.8, 4) is 0 Å². The second kappa shape index (κ2) is 8.12. The fourth-order valence-electron chi connectivity index (χ4n) is 2.24. The third-order valence-electron chi connectivity index (χ3n) is 3.84. The molecule has 1 aromatic carbocycles. The van der Waals surface area contributed by atoms with Crippen LogP contribution in [0.4, 0.5) is 5.69 Å². The molecule has 0 bridgehead atoms. The van der Waals surface area contributed by atoms with E-state index in [0.29, 0.717) is 6.54 Å². The SMILES string of the molecule is CC(CN)C(=O)Nc1ccc(CCN2CCOCC2)cc1. The van der Waals surface area contributed by atoms with E-state index >= 15 is 0 Å². The van der Waals surface area contributed by atoms with Crippen molar-refractivity contribution in [1.82, 2.24) is 4.90 Å². The molecule has 1 amide bonds. The number of benzene rings is 1. The molecule has 1 heterocycles. The number of ether oxygens (including phenoxy) is 1. The Balaban J connectivity index is 1.79. The van der Waals surface area contributed by atoms with Gasteiger partial charge >= 0.3 is 0 Å². The van der Waals surface area contributed by atoms with Crippen molar-refractivity contribution >= 4 is 11.6 Å². The Morgan fingerprint density at radius 3 is 2.62 bits per heavy atom. The maximum Gasteiger partial charge on any atom is 0.228 e. The summed E-state index contributed by atoms with van der Waals surface area (Å²) in [6.45, 7) is 6.96. The van der Waals surface area contributed by atoms with Gasteiger partial charge in [0.1, 0.15) is 0 Å². The number of carbonyl (C=O) groups excluding carboxylic acids is 1. The van der Waals surface area contributed by atoms with E-state index in [4.69, 9.17) is 10.5 Å². The summed E-state index contributed by atoms with van der Waals surface area (Å²) in [6, 6.07) is 8.05. The van der Waals surface area contributed by atoms with Crippen molar-refractivity contribution in [3.05, 3.63) is 29.8 Å². The van der Waals surface area contributed by atoms with Gasteiger partial charge in [-0.2, -0.15) is 0 Å². The van der Waals surface area contributed by atoms with Gasteiger partial charge in [0.15, 0.2) is 0 Å². The minimum Gasteiger partial charge on any atom is -0.379 e. The van der Waals surface area contributed by atoms with E-state index in [0.717, 1.165) is 45.0 Å². The van der Waals surface area contributed by atoms with Gasteiger partial charge < -0.3 is 15.8 Å². The van der Waals surface area contributed by atoms with Gasteiger partial charge in [0, 0.05) is 37.8 Å². The molecule has 0 saturated carbocycles. The minimum absolute atomic E-state index is 0.0291. The lowest BCUT2D eigenvalue weighted by molar-refractivity contribution is -0.119. The summed E-state index contributed by atoms with van der Waals surface area (Å²) in [6.07, 6.45) is 1.02. The van der Waals surface area contributed by atoms with Crippen LogP contribution in [0.5, 0.6) is 0 Å². The van der Waals surface area contributed by atoms with Crippen molar-refractivity contribution in [2.45, 2.75) is 13.3 Å². The Labute approximate surface area is 126 Å². The molecule has 0 aliphatic carbocycles. The number of nitrogens with one attached hydrogen (secondary N) is 1. The van der Waals surface area contributed by atoms with Crippen LogP contribution in [-0.4, -0.2) is 50.2 Å². The third-order valence-corrected chi connectivity index (χ3v) is 3.84. The largest absolute Gasteiger partial charge is 0.379 e. The van der Waals surface area contributed by atoms with Crippen LogP contribution < -0.4 is 11.1 Å². The standard InChI is InChI=1S/C16H25N3O2/c1-13(12-17)16(20)18-15-4-2-14(3-5-15)6-7-19-8-10-21-11-9-19/h2-5,13H,6-12,17H2,1H3,(H,18,20). The topological polar surface area (TPSA) is 67.6 Å². The smallest absolute Gasteiger partial charge is 0.228 e. The fraction of sp³-hybridized carbons (Fsp3) is 0.562. The average molecular weight is 291 g/mol. The van der Waals surface area contributed by atoms with Crippen molar-refractivity contribution in [2.24, 2.45) is 11.7 Å². The summed E-state index contributed by atoms with van der Waals surface area (Å²) < 4.78 is 5.34. The van der Waals surface area contributed by atoms with E-state index in [-0.39, 0.29) is 11.8 Å². The lowest BCUT2D eigenvalue weighted by atomic mass is 10.1. The van der Waals surface area contributed by atoms with Crippen molar-refractivity contribution in [1.29, 1.82) is 0 Å². The average Bonchev–Trinajstić information content (AvgIpc) is 2.54. The summed E-state index contributed by atoms with van der Waals surface area (Å²) in [5, 5.41) is 2.88. The highest BCUT2D eigenvalue weighted by atomic mass is 16.5. The molecule has 116 valence electrons. The molecule has 0 radical (unpaired) electrons. The van der Waals surface area contributed by atoms with E-state index in [9.17, 15) is 4.79 Å². The first-order valence-corrected chi connectivity index (χ1v) is 7.59. The van der Waals surface area contributed by atoms with E-state index in [1.54, 1.807) is 0 Å². The van der Waals surface area contributed by atoms with Gasteiger partial charge in [-0.1, -0.05) is 19.1 Å². The molecule has 1 atom stereocenters. The highest BCUT2D eigenvalue weighted by Gasteiger charge is 2.11. The number of hydrogen-bond donors (Lipinski definition) is 2. The lowest BCUT2D eigenvalue weighted by Crippen LogP contribution is -2.37. The molecule has 1 fully saturated rings. The maximum absolute atomic E-state index is 11.8. The molecule has 1 aromatic rings. The number of carbonyl (C=O) groups is 1. The van der Waals surface area contributed by atoms with Crippen LogP contribution in [0.2, 0.25) is 0 Å². The monoisotopic (exact) mass is 291 g/mol. The third kappa shape index (κ3) is 5.12. The summed E-state index contributed by atoms with van der Waals surface area (Å²) in [7, 11) is 0. The molecule has 1 aliphatic heterocycles. The zero-order chi connectivity index (χ0) is 15.1. The maximum atomic E-state index is 11.8. The molecular formula is C16H25N3O2. The van der Waals surface area contributed by atoms with E-state index in [1.165, 1.54) is 5.56 Å². The number of rotatable bonds is 6. The van der Waals surface area contributed by atoms with Gasteiger partial charge in [-0.3, -0.25) is 9.69 Å². The van der Waals surface area contributed by atoms with Gasteiger partial charge in [0.25, 0.3) is 0 Å². The molecule has 1 unspecified atom stereocenters. The van der Waals surface area contributed by atoms with Crippen molar-refractivity contribution in [2.75, 3.05) is 44.7 Å². The van der Waals surface area contributed by atoms with Gasteiger partial charge in [-0.15, -0.1) is 0 Å². The minimum atomic E-state index is -0.161. The fourth-order valence-corrected chi connectivity index (χ4v) is 2.24. The molecule has 1 aliphatic rings. The van der Waals surface area contributed by atoms with Crippen LogP contribution in [0.1, 0.15) is 12.5 Å². The number of morpholine rings is 1. The van der Waals surface area contributed by atoms with Crippen molar-refractivity contribution in [3.63, 3.8) is 0 Å². The number of nitrogens with two attached hydrogens (primary N) is 1. The van der Waals surface area contributed by atoms with Gasteiger partial charge in [0.05, 0.1) is 13.2 Å². The molecule has 0 spiro atoms. The highest BCUT2D eigenvalue weighted by Crippen LogP contribution is 2.12. The molecule has 3 N–H and O–H groups in total. The summed E-state index contributed by atoms with van der Waals surface area (Å²) in [4.78, 5) is 14.2. The molecule has 5 nitrogen and oxygen atoms in total. The Morgan fingerprint density at radius 2 is 2.00 bits per heavy atom. The molecule has 21 heavy (non-hydrogen) atoms. The Kier molecular flexibility index (Phi) is 6.17. The lowest BCUT2D eigenvalue weighted by Gasteiger charge is -2.26. The molecule has 1 saturated heterocycles. The predicted octanol–water partition coefficient (Wildman–Crippen LogP) is 1.09. The second-order valence-electron chi connectivity index (χ2n) is 5.53.